The van der Waals surface area contributed by atoms with Crippen molar-refractivity contribution in [2.24, 2.45) is 0 Å². The zero-order chi connectivity index (χ0) is 9.56. The molecule has 0 aromatic heterocycles. The maximum atomic E-state index is 10.4. The van der Waals surface area contributed by atoms with Crippen LogP contribution in [0.3, 0.4) is 0 Å². The van der Waals surface area contributed by atoms with E-state index in [1.165, 1.54) is 0 Å². The summed E-state index contributed by atoms with van der Waals surface area (Å²) in [7, 11) is 0. The van der Waals surface area contributed by atoms with Gasteiger partial charge in [-0.15, -0.1) is 11.6 Å². The normalized spacial score (nSPS) is 10.6. The third-order valence-electron chi connectivity index (χ3n) is 1.16. The molecule has 0 amide bonds. The summed E-state index contributed by atoms with van der Waals surface area (Å²) >= 11 is 5.28. The molecule has 0 saturated heterocycles. The van der Waals surface area contributed by atoms with E-state index in [4.69, 9.17) is 21.8 Å². The van der Waals surface area contributed by atoms with Gasteiger partial charge in [-0.2, -0.15) is 0 Å². The molecule has 0 heterocycles. The molecule has 8 heteroatoms. The smallest absolute Gasteiger partial charge is 0.321 e. The zero-order valence-corrected chi connectivity index (χ0v) is 13.0. The second-order valence-corrected chi connectivity index (χ2v) is 2.51. The topological polar surface area (TPSA) is 86.6 Å². The van der Waals surface area contributed by atoms with E-state index in [-0.39, 0.29) is 71.5 Å². The standard InChI is InChI=1S/C6H10ClNO4.2Na/c7-1-2-8-4(6(11)12)3-5(9)10;;/h4,8H,1-3H2,(H,9,10)(H,11,12);;/t4-;;/m0../s1. The fraction of sp³-hybridized carbons (Fsp3) is 0.667. The number of hydrogen-bond donors (Lipinski definition) is 3. The molecule has 0 aromatic rings. The Hall–Kier alpha value is 1.19. The molecule has 0 rings (SSSR count). The summed E-state index contributed by atoms with van der Waals surface area (Å²) in [5, 5.41) is 19.3. The van der Waals surface area contributed by atoms with Crippen molar-refractivity contribution in [1.82, 2.24) is 5.32 Å². The fourth-order valence-corrected chi connectivity index (χ4v) is 0.759. The number of alkyl halides is 1. The molecule has 0 aliphatic rings. The molecule has 14 heavy (non-hydrogen) atoms. The number of aliphatic carboxylic acids is 2. The molecule has 0 bridgehead atoms. The van der Waals surface area contributed by atoms with Crippen molar-refractivity contribution in [3.05, 3.63) is 0 Å². The van der Waals surface area contributed by atoms with Crippen LogP contribution in [0.4, 0.5) is 0 Å². The van der Waals surface area contributed by atoms with Gasteiger partial charge in [-0.05, 0) is 0 Å². The Bertz CT molecular complexity index is 181. The zero-order valence-electron chi connectivity index (χ0n) is 8.29. The van der Waals surface area contributed by atoms with Gasteiger partial charge in [0, 0.05) is 71.5 Å². The molecular formula is C6H10ClNNa2O4. The van der Waals surface area contributed by atoms with Crippen LogP contribution in [0.25, 0.3) is 0 Å². The average Bonchev–Trinajstić information content (AvgIpc) is 1.96. The number of hydrogen-bond acceptors (Lipinski definition) is 3. The quantitative estimate of drug-likeness (QED) is 0.409. The molecule has 0 spiro atoms. The average molecular weight is 242 g/mol. The van der Waals surface area contributed by atoms with E-state index < -0.39 is 24.4 Å². The molecule has 0 unspecified atom stereocenters. The Balaban J connectivity index is -0.000000605. The van der Waals surface area contributed by atoms with Crippen LogP contribution in [0.2, 0.25) is 0 Å². The minimum absolute atomic E-state index is 0. The maximum absolute atomic E-state index is 10.4. The summed E-state index contributed by atoms with van der Waals surface area (Å²) in [4.78, 5) is 20.5. The Morgan fingerprint density at radius 3 is 2.07 bits per heavy atom. The summed E-state index contributed by atoms with van der Waals surface area (Å²) < 4.78 is 0. The van der Waals surface area contributed by atoms with Gasteiger partial charge < -0.3 is 15.5 Å². The molecule has 2 radical (unpaired) electrons. The maximum Gasteiger partial charge on any atom is 0.321 e. The fourth-order valence-electron chi connectivity index (χ4n) is 0.650. The van der Waals surface area contributed by atoms with E-state index >= 15 is 0 Å². The number of carboxylic acid groups (broad SMARTS) is 2. The van der Waals surface area contributed by atoms with Crippen molar-refractivity contribution in [3.8, 4) is 0 Å². The molecule has 1 atom stereocenters. The predicted octanol–water partition coefficient (Wildman–Crippen LogP) is -1.02. The molecule has 3 N–H and O–H groups in total. The number of nitrogens with one attached hydrogen (secondary N) is 1. The van der Waals surface area contributed by atoms with Crippen LogP contribution in [0.5, 0.6) is 0 Å². The van der Waals surface area contributed by atoms with Gasteiger partial charge in [0.25, 0.3) is 0 Å². The van der Waals surface area contributed by atoms with Crippen molar-refractivity contribution >= 4 is 82.7 Å². The van der Waals surface area contributed by atoms with Crippen LogP contribution < -0.4 is 5.32 Å². The third kappa shape index (κ3) is 11.3. The minimum Gasteiger partial charge on any atom is -0.481 e. The van der Waals surface area contributed by atoms with Crippen LogP contribution >= 0.6 is 11.6 Å². The van der Waals surface area contributed by atoms with Crippen LogP contribution in [-0.2, 0) is 9.59 Å². The largest absolute Gasteiger partial charge is 0.481 e. The summed E-state index contributed by atoms with van der Waals surface area (Å²) in [5.41, 5.74) is 0. The molecule has 0 aliphatic carbocycles. The molecule has 72 valence electrons. The van der Waals surface area contributed by atoms with Crippen LogP contribution in [-0.4, -0.2) is 99.7 Å². The van der Waals surface area contributed by atoms with Gasteiger partial charge in [-0.1, -0.05) is 0 Å². The van der Waals surface area contributed by atoms with Crippen molar-refractivity contribution in [2.45, 2.75) is 12.5 Å². The number of rotatable bonds is 6. The van der Waals surface area contributed by atoms with E-state index in [2.05, 4.69) is 5.32 Å². The second kappa shape index (κ2) is 12.3. The number of halogens is 1. The Labute approximate surface area is 131 Å². The molecule has 0 saturated carbocycles. The van der Waals surface area contributed by atoms with Gasteiger partial charge in [0.2, 0.25) is 0 Å². The molecule has 0 fully saturated rings. The molecular weight excluding hydrogens is 232 g/mol. The van der Waals surface area contributed by atoms with E-state index in [1.807, 2.05) is 0 Å². The Morgan fingerprint density at radius 1 is 1.29 bits per heavy atom. The third-order valence-corrected chi connectivity index (χ3v) is 1.35. The van der Waals surface area contributed by atoms with Gasteiger partial charge >= 0.3 is 11.9 Å². The number of carboxylic acids is 2. The first-order valence-electron chi connectivity index (χ1n) is 3.32. The first-order chi connectivity index (χ1) is 5.57. The van der Waals surface area contributed by atoms with Crippen LogP contribution in [0.1, 0.15) is 6.42 Å². The summed E-state index contributed by atoms with van der Waals surface area (Å²) in [6, 6.07) is -1.05. The van der Waals surface area contributed by atoms with E-state index in [1.54, 1.807) is 0 Å². The minimum atomic E-state index is -1.18. The first-order valence-corrected chi connectivity index (χ1v) is 3.85. The van der Waals surface area contributed by atoms with Crippen LogP contribution in [0, 0.1) is 0 Å². The van der Waals surface area contributed by atoms with Gasteiger partial charge in [-0.3, -0.25) is 9.59 Å². The van der Waals surface area contributed by atoms with E-state index in [0.717, 1.165) is 0 Å². The Kier molecular flexibility index (Phi) is 18.0. The predicted molar refractivity (Wildman–Crippen MR) is 53.9 cm³/mol. The monoisotopic (exact) mass is 241 g/mol. The molecule has 5 nitrogen and oxygen atoms in total. The number of carbonyl (C=O) groups is 2. The SMILES string of the molecule is O=C(O)C[C@H](NCCCl)C(=O)O.[Na].[Na]. The van der Waals surface area contributed by atoms with Gasteiger partial charge in [0.15, 0.2) is 0 Å². The molecule has 0 aromatic carbocycles. The van der Waals surface area contributed by atoms with Crippen molar-refractivity contribution in [1.29, 1.82) is 0 Å². The summed E-state index contributed by atoms with van der Waals surface area (Å²) in [5.74, 6) is -2.07. The van der Waals surface area contributed by atoms with Gasteiger partial charge in [0.1, 0.15) is 6.04 Å². The van der Waals surface area contributed by atoms with E-state index in [0.29, 0.717) is 0 Å². The summed E-state index contributed by atoms with van der Waals surface area (Å²) in [6.45, 7) is 0.284. The van der Waals surface area contributed by atoms with Gasteiger partial charge in [-0.25, -0.2) is 0 Å². The second-order valence-electron chi connectivity index (χ2n) is 2.13. The molecule has 0 aliphatic heterocycles. The van der Waals surface area contributed by atoms with Crippen LogP contribution in [0.15, 0.2) is 0 Å². The first kappa shape index (κ1) is 20.6. The van der Waals surface area contributed by atoms with Crippen molar-refractivity contribution < 1.29 is 19.8 Å². The van der Waals surface area contributed by atoms with Gasteiger partial charge in [0.05, 0.1) is 6.42 Å². The Morgan fingerprint density at radius 2 is 1.79 bits per heavy atom. The summed E-state index contributed by atoms with van der Waals surface area (Å²) in [6.07, 6.45) is -0.438. The van der Waals surface area contributed by atoms with E-state index in [9.17, 15) is 9.59 Å². The van der Waals surface area contributed by atoms with Crippen molar-refractivity contribution in [3.63, 3.8) is 0 Å². The van der Waals surface area contributed by atoms with Crippen molar-refractivity contribution in [2.75, 3.05) is 12.4 Å².